The minimum Gasteiger partial charge on any atom is -0.393 e. The van der Waals surface area contributed by atoms with Crippen molar-refractivity contribution in [3.8, 4) is 0 Å². The summed E-state index contributed by atoms with van der Waals surface area (Å²) >= 11 is 0. The van der Waals surface area contributed by atoms with Gasteiger partial charge in [0, 0.05) is 0 Å². The molecule has 0 bridgehead atoms. The molecule has 0 aliphatic heterocycles. The molecule has 7 unspecified atom stereocenters. The molecule has 0 aromatic carbocycles. The maximum atomic E-state index is 11.1. The van der Waals surface area contributed by atoms with Crippen molar-refractivity contribution in [1.82, 2.24) is 0 Å². The molecule has 218 valence electrons. The van der Waals surface area contributed by atoms with Crippen LogP contribution in [0.3, 0.4) is 0 Å². The molecule has 3 rings (SSSR count). The number of rotatable bonds is 9. The van der Waals surface area contributed by atoms with E-state index < -0.39 is 0 Å². The topological polar surface area (TPSA) is 20.2 Å². The molecule has 0 heterocycles. The second-order valence-corrected chi connectivity index (χ2v) is 14.9. The third kappa shape index (κ3) is 8.34. The van der Waals surface area contributed by atoms with Gasteiger partial charge in [0.25, 0.3) is 0 Å². The van der Waals surface area contributed by atoms with E-state index in [0.29, 0.717) is 29.6 Å². The quantitative estimate of drug-likeness (QED) is 0.297. The van der Waals surface area contributed by atoms with Gasteiger partial charge in [-0.1, -0.05) is 103 Å². The van der Waals surface area contributed by atoms with Gasteiger partial charge in [-0.3, -0.25) is 0 Å². The zero-order valence-corrected chi connectivity index (χ0v) is 26.6. The van der Waals surface area contributed by atoms with Gasteiger partial charge in [0.1, 0.15) is 0 Å². The lowest BCUT2D eigenvalue weighted by Crippen LogP contribution is -2.30. The summed E-state index contributed by atoms with van der Waals surface area (Å²) < 4.78 is 0. The van der Waals surface area contributed by atoms with Crippen LogP contribution in [0.25, 0.3) is 0 Å². The van der Waals surface area contributed by atoms with E-state index in [9.17, 15) is 5.11 Å². The number of aliphatic hydroxyl groups is 1. The molecule has 0 aromatic heterocycles. The molecule has 1 saturated carbocycles. The monoisotopic (exact) mass is 524 g/mol. The van der Waals surface area contributed by atoms with Gasteiger partial charge in [0.15, 0.2) is 0 Å². The molecular weight excluding hydrogens is 460 g/mol. The van der Waals surface area contributed by atoms with Gasteiger partial charge in [0.05, 0.1) is 6.10 Å². The Labute approximate surface area is 238 Å². The molecule has 1 N–H and O–H groups in total. The summed E-state index contributed by atoms with van der Waals surface area (Å²) in [6.45, 7) is 24.0. The standard InChI is InChI=1S/C37H64O/c1-24(2)37-21-26(4)18-20-34(37)28(6)22-33(31(9)38)23-32-19-17-25(3)13-10-11-15-36(32)30(8)35-16-12-14-27(5)29(35)7/h12,16,24-27,29-31,33-35,37-38H,6,10-11,13-15,17-23H2,1-5,7-9H3/b36-32-/t25-,26?,27?,29?,30?,31-,33?,34?,35?,37+/m1/s1. The van der Waals surface area contributed by atoms with Crippen LogP contribution < -0.4 is 0 Å². The molecule has 0 radical (unpaired) electrons. The SMILES string of the molecule is C=C(CC(C/C1=C(\C(C)C2C=CCC(C)C2C)CCCC[C@@H](C)CC1)[C@@H](C)O)C1CCC(C)C[C@H]1C(C)C. The summed E-state index contributed by atoms with van der Waals surface area (Å²) in [5.74, 6) is 6.81. The lowest BCUT2D eigenvalue weighted by molar-refractivity contribution is 0.114. The largest absolute Gasteiger partial charge is 0.393 e. The zero-order valence-electron chi connectivity index (χ0n) is 26.6. The predicted octanol–water partition coefficient (Wildman–Crippen LogP) is 10.8. The van der Waals surface area contributed by atoms with E-state index in [1.165, 1.54) is 69.8 Å². The third-order valence-electron chi connectivity index (χ3n) is 11.5. The molecule has 1 nitrogen and oxygen atoms in total. The van der Waals surface area contributed by atoms with Gasteiger partial charge < -0.3 is 5.11 Å². The molecule has 0 spiro atoms. The first-order valence-electron chi connectivity index (χ1n) is 16.7. The van der Waals surface area contributed by atoms with Crippen molar-refractivity contribution < 1.29 is 5.11 Å². The summed E-state index contributed by atoms with van der Waals surface area (Å²) in [6, 6.07) is 0. The van der Waals surface area contributed by atoms with Crippen LogP contribution >= 0.6 is 0 Å². The van der Waals surface area contributed by atoms with Gasteiger partial charge in [-0.05, 0) is 124 Å². The average molecular weight is 525 g/mol. The molecular formula is C37H64O. The molecule has 38 heavy (non-hydrogen) atoms. The number of aliphatic hydroxyl groups excluding tert-OH is 1. The fourth-order valence-corrected chi connectivity index (χ4v) is 8.45. The summed E-state index contributed by atoms with van der Waals surface area (Å²) in [5.41, 5.74) is 4.91. The molecule has 3 aliphatic carbocycles. The van der Waals surface area contributed by atoms with Gasteiger partial charge in [-0.25, -0.2) is 0 Å². The molecule has 0 saturated heterocycles. The van der Waals surface area contributed by atoms with E-state index in [-0.39, 0.29) is 6.10 Å². The Hall–Kier alpha value is -0.820. The van der Waals surface area contributed by atoms with Crippen molar-refractivity contribution in [3.63, 3.8) is 0 Å². The first-order valence-corrected chi connectivity index (χ1v) is 16.7. The smallest absolute Gasteiger partial charge is 0.0546 e. The second-order valence-electron chi connectivity index (χ2n) is 14.9. The van der Waals surface area contributed by atoms with Crippen LogP contribution in [0.5, 0.6) is 0 Å². The molecule has 10 atom stereocenters. The van der Waals surface area contributed by atoms with Crippen molar-refractivity contribution in [1.29, 1.82) is 0 Å². The molecule has 1 heteroatoms. The minimum atomic E-state index is -0.283. The number of hydrogen-bond acceptors (Lipinski definition) is 1. The summed E-state index contributed by atoms with van der Waals surface area (Å²) in [4.78, 5) is 0. The minimum absolute atomic E-state index is 0.283. The third-order valence-corrected chi connectivity index (χ3v) is 11.5. The van der Waals surface area contributed by atoms with E-state index in [1.807, 2.05) is 0 Å². The lowest BCUT2D eigenvalue weighted by atomic mass is 9.66. The first-order chi connectivity index (χ1) is 18.0. The zero-order chi connectivity index (χ0) is 28.0. The number of allylic oxidation sites excluding steroid dienone is 5. The van der Waals surface area contributed by atoms with E-state index in [4.69, 9.17) is 6.58 Å². The molecule has 3 aliphatic rings. The number of hydrogen-bond donors (Lipinski definition) is 1. The van der Waals surface area contributed by atoms with E-state index >= 15 is 0 Å². The van der Waals surface area contributed by atoms with Crippen molar-refractivity contribution >= 4 is 0 Å². The summed E-state index contributed by atoms with van der Waals surface area (Å²) in [7, 11) is 0. The Kier molecular flexibility index (Phi) is 12.3. The fraction of sp³-hybridized carbons (Fsp3) is 0.838. The van der Waals surface area contributed by atoms with Crippen LogP contribution in [0.4, 0.5) is 0 Å². The highest BCUT2D eigenvalue weighted by Gasteiger charge is 2.35. The highest BCUT2D eigenvalue weighted by molar-refractivity contribution is 5.22. The molecule has 0 amide bonds. The van der Waals surface area contributed by atoms with Crippen LogP contribution in [0.15, 0.2) is 35.5 Å². The van der Waals surface area contributed by atoms with E-state index in [0.717, 1.165) is 42.4 Å². The molecule has 1 fully saturated rings. The van der Waals surface area contributed by atoms with Crippen LogP contribution in [0.2, 0.25) is 0 Å². The summed E-state index contributed by atoms with van der Waals surface area (Å²) in [5, 5.41) is 11.1. The Morgan fingerprint density at radius 1 is 0.947 bits per heavy atom. The maximum absolute atomic E-state index is 11.1. The lowest BCUT2D eigenvalue weighted by Gasteiger charge is -2.40. The van der Waals surface area contributed by atoms with Crippen LogP contribution in [0, 0.1) is 59.2 Å². The van der Waals surface area contributed by atoms with Crippen LogP contribution in [-0.2, 0) is 0 Å². The second kappa shape index (κ2) is 14.7. The van der Waals surface area contributed by atoms with Crippen molar-refractivity contribution in [2.75, 3.05) is 0 Å². The van der Waals surface area contributed by atoms with Crippen molar-refractivity contribution in [2.24, 2.45) is 59.2 Å². The van der Waals surface area contributed by atoms with Crippen LogP contribution in [0.1, 0.15) is 132 Å². The van der Waals surface area contributed by atoms with Crippen molar-refractivity contribution in [2.45, 2.75) is 139 Å². The Morgan fingerprint density at radius 3 is 2.37 bits per heavy atom. The fourth-order valence-electron chi connectivity index (χ4n) is 8.45. The normalized spacial score (nSPS) is 37.7. The highest BCUT2D eigenvalue weighted by Crippen LogP contribution is 2.45. The Balaban J connectivity index is 1.87. The van der Waals surface area contributed by atoms with Crippen LogP contribution in [-0.4, -0.2) is 11.2 Å². The summed E-state index contributed by atoms with van der Waals surface area (Å²) in [6.07, 6.45) is 19.9. The van der Waals surface area contributed by atoms with E-state index in [1.54, 1.807) is 11.1 Å². The highest BCUT2D eigenvalue weighted by atomic mass is 16.3. The van der Waals surface area contributed by atoms with Crippen molar-refractivity contribution in [3.05, 3.63) is 35.5 Å². The molecule has 0 aromatic rings. The van der Waals surface area contributed by atoms with Gasteiger partial charge in [-0.15, -0.1) is 0 Å². The van der Waals surface area contributed by atoms with Gasteiger partial charge in [0.2, 0.25) is 0 Å². The Morgan fingerprint density at radius 2 is 1.68 bits per heavy atom. The first kappa shape index (κ1) is 31.7. The van der Waals surface area contributed by atoms with Gasteiger partial charge in [-0.2, -0.15) is 0 Å². The predicted molar refractivity (Wildman–Crippen MR) is 167 cm³/mol. The van der Waals surface area contributed by atoms with Gasteiger partial charge >= 0.3 is 0 Å². The average Bonchev–Trinajstić information content (AvgIpc) is 2.95. The van der Waals surface area contributed by atoms with E-state index in [2.05, 4.69) is 67.5 Å². The Bertz CT molecular complexity index is 800. The maximum Gasteiger partial charge on any atom is 0.0546 e.